The van der Waals surface area contributed by atoms with Crippen molar-refractivity contribution < 1.29 is 4.74 Å². The molecule has 4 aromatic rings. The first-order chi connectivity index (χ1) is 14.2. The summed E-state index contributed by atoms with van der Waals surface area (Å²) in [7, 11) is 0. The number of hydrogen-bond acceptors (Lipinski definition) is 4. The van der Waals surface area contributed by atoms with Crippen molar-refractivity contribution in [2.75, 3.05) is 6.61 Å². The van der Waals surface area contributed by atoms with Gasteiger partial charge < -0.3 is 9.72 Å². The highest BCUT2D eigenvalue weighted by Gasteiger charge is 2.12. The van der Waals surface area contributed by atoms with Gasteiger partial charge in [-0.25, -0.2) is 4.98 Å². The van der Waals surface area contributed by atoms with Crippen LogP contribution in [0, 0.1) is 0 Å². The van der Waals surface area contributed by atoms with Crippen LogP contribution in [0.4, 0.5) is 0 Å². The minimum absolute atomic E-state index is 0.283. The molecule has 6 nitrogen and oxygen atoms in total. The Morgan fingerprint density at radius 3 is 2.83 bits per heavy atom. The lowest BCUT2D eigenvalue weighted by Crippen LogP contribution is -2.17. The first-order valence-electron chi connectivity index (χ1n) is 9.62. The first-order valence-corrected chi connectivity index (χ1v) is 10.00. The monoisotopic (exact) mass is 408 g/mol. The molecule has 148 valence electrons. The highest BCUT2D eigenvalue weighted by molar-refractivity contribution is 6.37. The van der Waals surface area contributed by atoms with Crippen LogP contribution in [0.2, 0.25) is 5.02 Å². The van der Waals surface area contributed by atoms with E-state index in [9.17, 15) is 4.79 Å². The van der Waals surface area contributed by atoms with E-state index in [0.717, 1.165) is 35.2 Å². The molecule has 0 bridgehead atoms. The number of fused-ring (bicyclic) bond motifs is 3. The zero-order chi connectivity index (χ0) is 20.2. The van der Waals surface area contributed by atoms with E-state index in [1.54, 1.807) is 12.3 Å². The predicted molar refractivity (Wildman–Crippen MR) is 117 cm³/mol. The Morgan fingerprint density at radius 2 is 2.03 bits per heavy atom. The number of aromatic nitrogens is 3. The average Bonchev–Trinajstić information content (AvgIpc) is 3.12. The third-order valence-electron chi connectivity index (χ3n) is 4.69. The van der Waals surface area contributed by atoms with E-state index in [-0.39, 0.29) is 5.56 Å². The summed E-state index contributed by atoms with van der Waals surface area (Å²) < 4.78 is 6.92. The fraction of sp³-hybridized carbons (Fsp3) is 0.227. The number of nitrogens with one attached hydrogen (secondary N) is 1. The smallest absolute Gasteiger partial charge is 0.298 e. The van der Waals surface area contributed by atoms with E-state index < -0.39 is 0 Å². The molecule has 0 aliphatic rings. The number of aromatic amines is 1. The number of rotatable bonds is 7. The number of H-pyrrole nitrogens is 1. The van der Waals surface area contributed by atoms with E-state index in [2.05, 4.69) is 22.0 Å². The number of unbranched alkanes of at least 4 members (excludes halogenated alkanes) is 2. The molecule has 1 N–H and O–H groups in total. The van der Waals surface area contributed by atoms with Crippen LogP contribution in [0.25, 0.3) is 21.9 Å². The molecule has 0 radical (unpaired) electrons. The molecule has 4 rings (SSSR count). The van der Waals surface area contributed by atoms with Gasteiger partial charge in [-0.2, -0.15) is 9.78 Å². The molecular weight excluding hydrogens is 388 g/mol. The van der Waals surface area contributed by atoms with Crippen molar-refractivity contribution in [2.45, 2.75) is 26.2 Å². The van der Waals surface area contributed by atoms with Crippen molar-refractivity contribution in [3.05, 3.63) is 69.7 Å². The van der Waals surface area contributed by atoms with E-state index in [1.165, 1.54) is 23.8 Å². The molecule has 0 amide bonds. The van der Waals surface area contributed by atoms with Crippen LogP contribution >= 0.6 is 11.6 Å². The zero-order valence-electron chi connectivity index (χ0n) is 16.1. The number of nitrogens with zero attached hydrogens (tertiary/aromatic N) is 3. The van der Waals surface area contributed by atoms with E-state index in [1.807, 2.05) is 36.4 Å². The summed E-state index contributed by atoms with van der Waals surface area (Å²) in [6.07, 6.45) is 6.41. The SMILES string of the molecule is CCCCCOc1ccc(/C=N\n2cnc3c([nH]c4cccc(Cl)c43)c2=O)cc1. The molecule has 2 heterocycles. The van der Waals surface area contributed by atoms with Crippen LogP contribution < -0.4 is 10.3 Å². The van der Waals surface area contributed by atoms with Gasteiger partial charge in [0, 0.05) is 10.9 Å². The molecular formula is C22H21ClN4O2. The Labute approximate surface area is 172 Å². The molecule has 0 fully saturated rings. The minimum Gasteiger partial charge on any atom is -0.494 e. The summed E-state index contributed by atoms with van der Waals surface area (Å²) in [5.41, 5.74) is 2.27. The lowest BCUT2D eigenvalue weighted by Gasteiger charge is -2.05. The summed E-state index contributed by atoms with van der Waals surface area (Å²) in [6.45, 7) is 2.89. The van der Waals surface area contributed by atoms with E-state index in [4.69, 9.17) is 16.3 Å². The average molecular weight is 409 g/mol. The Hall–Kier alpha value is -3.12. The van der Waals surface area contributed by atoms with Crippen molar-refractivity contribution in [1.29, 1.82) is 0 Å². The lowest BCUT2D eigenvalue weighted by atomic mass is 10.2. The molecule has 2 aromatic heterocycles. The van der Waals surface area contributed by atoms with Gasteiger partial charge in [0.1, 0.15) is 23.1 Å². The molecule has 7 heteroatoms. The second-order valence-corrected chi connectivity index (χ2v) is 7.18. The number of benzene rings is 2. The topological polar surface area (TPSA) is 72.3 Å². The fourth-order valence-electron chi connectivity index (χ4n) is 3.15. The normalized spacial score (nSPS) is 11.7. The molecule has 0 spiro atoms. The van der Waals surface area contributed by atoms with Crippen LogP contribution in [-0.2, 0) is 0 Å². The summed E-state index contributed by atoms with van der Waals surface area (Å²) in [5.74, 6) is 0.827. The Morgan fingerprint density at radius 1 is 1.21 bits per heavy atom. The van der Waals surface area contributed by atoms with E-state index in [0.29, 0.717) is 16.1 Å². The minimum atomic E-state index is -0.283. The number of halogens is 1. The second kappa shape index (κ2) is 8.49. The Bertz CT molecular complexity index is 1230. The maximum absolute atomic E-state index is 12.8. The van der Waals surface area contributed by atoms with Crippen molar-refractivity contribution in [2.24, 2.45) is 5.10 Å². The standard InChI is InChI=1S/C22H21ClN4O2/c1-2-3-4-12-29-16-10-8-15(9-11-16)13-25-27-14-24-20-19-17(23)6-5-7-18(19)26-21(20)22(27)28/h5-11,13-14,26H,2-4,12H2,1H3/b25-13-. The van der Waals surface area contributed by atoms with Gasteiger partial charge in [-0.05, 0) is 48.4 Å². The Kier molecular flexibility index (Phi) is 5.62. The van der Waals surface area contributed by atoms with E-state index >= 15 is 0 Å². The van der Waals surface area contributed by atoms with Crippen molar-refractivity contribution in [3.63, 3.8) is 0 Å². The highest BCUT2D eigenvalue weighted by Crippen LogP contribution is 2.28. The molecule has 0 saturated heterocycles. The third-order valence-corrected chi connectivity index (χ3v) is 5.01. The fourth-order valence-corrected chi connectivity index (χ4v) is 3.42. The largest absolute Gasteiger partial charge is 0.494 e. The van der Waals surface area contributed by atoms with Gasteiger partial charge in [-0.3, -0.25) is 4.79 Å². The van der Waals surface area contributed by atoms with Crippen molar-refractivity contribution in [1.82, 2.24) is 14.6 Å². The predicted octanol–water partition coefficient (Wildman–Crippen LogP) is 4.98. The maximum Gasteiger partial charge on any atom is 0.298 e. The number of hydrogen-bond donors (Lipinski definition) is 1. The summed E-state index contributed by atoms with van der Waals surface area (Å²) in [4.78, 5) is 20.2. The zero-order valence-corrected chi connectivity index (χ0v) is 16.8. The molecule has 29 heavy (non-hydrogen) atoms. The second-order valence-electron chi connectivity index (χ2n) is 6.77. The maximum atomic E-state index is 12.8. The molecule has 0 aliphatic heterocycles. The van der Waals surface area contributed by atoms with Crippen LogP contribution in [-0.4, -0.2) is 27.5 Å². The van der Waals surface area contributed by atoms with Gasteiger partial charge in [-0.1, -0.05) is 37.4 Å². The van der Waals surface area contributed by atoms with Gasteiger partial charge in [-0.15, -0.1) is 0 Å². The van der Waals surface area contributed by atoms with Crippen molar-refractivity contribution in [3.8, 4) is 5.75 Å². The van der Waals surface area contributed by atoms with Crippen molar-refractivity contribution >= 4 is 39.8 Å². The summed E-state index contributed by atoms with van der Waals surface area (Å²) >= 11 is 6.26. The van der Waals surface area contributed by atoms with Gasteiger partial charge in [0.15, 0.2) is 0 Å². The van der Waals surface area contributed by atoms with Gasteiger partial charge in [0.25, 0.3) is 5.56 Å². The molecule has 0 saturated carbocycles. The van der Waals surface area contributed by atoms with Crippen LogP contribution in [0.5, 0.6) is 5.75 Å². The number of ether oxygens (including phenoxy) is 1. The van der Waals surface area contributed by atoms with Crippen LogP contribution in [0.3, 0.4) is 0 Å². The first kappa shape index (κ1) is 19.2. The lowest BCUT2D eigenvalue weighted by molar-refractivity contribution is 0.306. The summed E-state index contributed by atoms with van der Waals surface area (Å²) in [6, 6.07) is 13.1. The molecule has 0 atom stereocenters. The molecule has 2 aromatic carbocycles. The third kappa shape index (κ3) is 4.03. The molecule has 0 aliphatic carbocycles. The van der Waals surface area contributed by atoms with Gasteiger partial charge in [0.2, 0.25) is 0 Å². The quantitative estimate of drug-likeness (QED) is 0.346. The molecule has 0 unspecified atom stereocenters. The van der Waals surface area contributed by atoms with Gasteiger partial charge >= 0.3 is 0 Å². The highest BCUT2D eigenvalue weighted by atomic mass is 35.5. The van der Waals surface area contributed by atoms with Crippen LogP contribution in [0.1, 0.15) is 31.7 Å². The van der Waals surface area contributed by atoms with Crippen LogP contribution in [0.15, 0.2) is 58.7 Å². The van der Waals surface area contributed by atoms with Gasteiger partial charge in [0.05, 0.1) is 17.8 Å². The Balaban J connectivity index is 1.55. The summed E-state index contributed by atoms with van der Waals surface area (Å²) in [5, 5.41) is 5.55.